The van der Waals surface area contributed by atoms with Crippen molar-refractivity contribution in [2.24, 2.45) is 12.0 Å². The Bertz CT molecular complexity index is 949. The van der Waals surface area contributed by atoms with Crippen LogP contribution < -0.4 is 9.54 Å². The highest BCUT2D eigenvalue weighted by atomic mass is 79.9. The number of thiazole rings is 1. The molecule has 0 unspecified atom stereocenters. The van der Waals surface area contributed by atoms with E-state index in [1.165, 1.54) is 11.3 Å². The van der Waals surface area contributed by atoms with E-state index in [2.05, 4.69) is 20.9 Å². The number of fused-ring (bicyclic) bond motifs is 1. The second-order valence-corrected chi connectivity index (χ2v) is 7.08. The van der Waals surface area contributed by atoms with Crippen LogP contribution in [0.5, 0.6) is 5.75 Å². The van der Waals surface area contributed by atoms with Crippen LogP contribution in [0.3, 0.4) is 0 Å². The zero-order valence-corrected chi connectivity index (χ0v) is 15.3. The van der Waals surface area contributed by atoms with E-state index in [-0.39, 0.29) is 12.5 Å². The molecule has 0 bridgehead atoms. The van der Waals surface area contributed by atoms with E-state index in [1.807, 2.05) is 35.9 Å². The number of amides is 1. The van der Waals surface area contributed by atoms with Crippen LogP contribution >= 0.6 is 38.9 Å². The fourth-order valence-corrected chi connectivity index (χ4v) is 3.89. The average Bonchev–Trinajstić information content (AvgIpc) is 2.83. The summed E-state index contributed by atoms with van der Waals surface area (Å²) in [7, 11) is 1.89. The molecule has 0 radical (unpaired) electrons. The maximum Gasteiger partial charge on any atom is 0.286 e. The third-order valence-electron chi connectivity index (χ3n) is 3.18. The highest BCUT2D eigenvalue weighted by molar-refractivity contribution is 9.10. The van der Waals surface area contributed by atoms with E-state index in [0.29, 0.717) is 20.0 Å². The van der Waals surface area contributed by atoms with Crippen molar-refractivity contribution in [1.29, 1.82) is 0 Å². The molecule has 0 aliphatic rings. The maximum absolute atomic E-state index is 12.1. The molecule has 118 valence electrons. The number of aromatic nitrogens is 1. The summed E-state index contributed by atoms with van der Waals surface area (Å²) in [4.78, 5) is 16.8. The zero-order valence-electron chi connectivity index (χ0n) is 12.1. The van der Waals surface area contributed by atoms with Crippen LogP contribution in [-0.2, 0) is 11.8 Å². The molecule has 23 heavy (non-hydrogen) atoms. The van der Waals surface area contributed by atoms with Crippen molar-refractivity contribution in [2.75, 3.05) is 6.61 Å². The van der Waals surface area contributed by atoms with Gasteiger partial charge in [-0.15, -0.1) is 0 Å². The molecule has 0 N–H and O–H groups in total. The Kier molecular flexibility index (Phi) is 4.84. The van der Waals surface area contributed by atoms with E-state index < -0.39 is 0 Å². The van der Waals surface area contributed by atoms with Gasteiger partial charge in [0.1, 0.15) is 5.75 Å². The zero-order chi connectivity index (χ0) is 16.4. The SMILES string of the molecule is Cn1c(=NC(=O)COc2ccc(Cl)cc2Br)sc2ccccc21. The van der Waals surface area contributed by atoms with Gasteiger partial charge in [0, 0.05) is 12.1 Å². The van der Waals surface area contributed by atoms with Crippen molar-refractivity contribution in [1.82, 2.24) is 4.57 Å². The van der Waals surface area contributed by atoms with Gasteiger partial charge >= 0.3 is 0 Å². The van der Waals surface area contributed by atoms with Gasteiger partial charge in [-0.2, -0.15) is 4.99 Å². The number of benzene rings is 2. The fourth-order valence-electron chi connectivity index (χ4n) is 2.06. The quantitative estimate of drug-likeness (QED) is 0.649. The Labute approximate surface area is 150 Å². The molecule has 1 heterocycles. The van der Waals surface area contributed by atoms with Gasteiger partial charge in [-0.05, 0) is 46.3 Å². The highest BCUT2D eigenvalue weighted by Gasteiger charge is 2.07. The van der Waals surface area contributed by atoms with Crippen molar-refractivity contribution >= 4 is 55.0 Å². The normalized spacial score (nSPS) is 11.9. The number of rotatable bonds is 3. The third kappa shape index (κ3) is 3.65. The topological polar surface area (TPSA) is 43.6 Å². The Hall–Kier alpha value is -1.63. The monoisotopic (exact) mass is 410 g/mol. The van der Waals surface area contributed by atoms with Gasteiger partial charge in [0.15, 0.2) is 11.4 Å². The number of para-hydroxylation sites is 1. The van der Waals surface area contributed by atoms with E-state index in [1.54, 1.807) is 18.2 Å². The fraction of sp³-hybridized carbons (Fsp3) is 0.125. The summed E-state index contributed by atoms with van der Waals surface area (Å²) in [5.74, 6) is 0.215. The molecule has 2 aromatic carbocycles. The van der Waals surface area contributed by atoms with Gasteiger partial charge in [-0.25, -0.2) is 0 Å². The molecule has 0 atom stereocenters. The molecule has 0 saturated carbocycles. The van der Waals surface area contributed by atoms with Gasteiger partial charge in [0.05, 0.1) is 14.7 Å². The highest BCUT2D eigenvalue weighted by Crippen LogP contribution is 2.27. The molecule has 0 fully saturated rings. The molecule has 1 amide bonds. The number of ether oxygens (including phenoxy) is 1. The lowest BCUT2D eigenvalue weighted by molar-refractivity contribution is -0.120. The van der Waals surface area contributed by atoms with Crippen molar-refractivity contribution in [3.63, 3.8) is 0 Å². The average molecular weight is 412 g/mol. The molecule has 1 aromatic heterocycles. The molecule has 0 saturated heterocycles. The Balaban J connectivity index is 1.79. The Morgan fingerprint density at radius 1 is 1.35 bits per heavy atom. The number of carbonyl (C=O) groups excluding carboxylic acids is 1. The molecule has 0 aliphatic heterocycles. The minimum absolute atomic E-state index is 0.130. The number of nitrogens with zero attached hydrogens (tertiary/aromatic N) is 2. The number of carbonyl (C=O) groups is 1. The van der Waals surface area contributed by atoms with Crippen molar-refractivity contribution in [3.05, 3.63) is 56.8 Å². The van der Waals surface area contributed by atoms with Crippen LogP contribution in [0.15, 0.2) is 51.9 Å². The van der Waals surface area contributed by atoms with Crippen molar-refractivity contribution in [2.45, 2.75) is 0 Å². The first-order chi connectivity index (χ1) is 11.0. The molecular formula is C16H12BrClN2O2S. The van der Waals surface area contributed by atoms with Gasteiger partial charge in [-0.1, -0.05) is 35.1 Å². The molecular weight excluding hydrogens is 400 g/mol. The van der Waals surface area contributed by atoms with Gasteiger partial charge in [-0.3, -0.25) is 4.79 Å². The second kappa shape index (κ2) is 6.86. The Morgan fingerprint density at radius 3 is 2.87 bits per heavy atom. The van der Waals surface area contributed by atoms with Crippen LogP contribution in [0.1, 0.15) is 0 Å². The Morgan fingerprint density at radius 2 is 2.13 bits per heavy atom. The minimum Gasteiger partial charge on any atom is -0.482 e. The lowest BCUT2D eigenvalue weighted by Gasteiger charge is -2.05. The van der Waals surface area contributed by atoms with E-state index in [4.69, 9.17) is 16.3 Å². The van der Waals surface area contributed by atoms with Gasteiger partial charge in [0.25, 0.3) is 5.91 Å². The van der Waals surface area contributed by atoms with Crippen LogP contribution in [-0.4, -0.2) is 17.1 Å². The summed E-state index contributed by atoms with van der Waals surface area (Å²) in [6.07, 6.45) is 0. The van der Waals surface area contributed by atoms with E-state index >= 15 is 0 Å². The smallest absolute Gasteiger partial charge is 0.286 e. The second-order valence-electron chi connectivity index (χ2n) is 4.78. The molecule has 7 heteroatoms. The summed E-state index contributed by atoms with van der Waals surface area (Å²) in [5.41, 5.74) is 1.05. The summed E-state index contributed by atoms with van der Waals surface area (Å²) >= 11 is 10.7. The van der Waals surface area contributed by atoms with Gasteiger partial charge < -0.3 is 9.30 Å². The van der Waals surface area contributed by atoms with E-state index in [9.17, 15) is 4.79 Å². The minimum atomic E-state index is -0.339. The van der Waals surface area contributed by atoms with Gasteiger partial charge in [0.2, 0.25) is 0 Å². The van der Waals surface area contributed by atoms with Crippen LogP contribution in [0, 0.1) is 0 Å². The van der Waals surface area contributed by atoms with Crippen LogP contribution in [0.25, 0.3) is 10.2 Å². The predicted molar refractivity (Wildman–Crippen MR) is 96.0 cm³/mol. The predicted octanol–water partition coefficient (Wildman–Crippen LogP) is 4.16. The lowest BCUT2D eigenvalue weighted by Crippen LogP contribution is -2.17. The summed E-state index contributed by atoms with van der Waals surface area (Å²) in [6.45, 7) is -0.130. The summed E-state index contributed by atoms with van der Waals surface area (Å²) in [6, 6.07) is 13.0. The molecule has 3 rings (SSSR count). The van der Waals surface area contributed by atoms with E-state index in [0.717, 1.165) is 10.2 Å². The van der Waals surface area contributed by atoms with Crippen LogP contribution in [0.2, 0.25) is 5.02 Å². The first-order valence-corrected chi connectivity index (χ1v) is 8.73. The number of hydrogen-bond acceptors (Lipinski definition) is 3. The molecule has 0 aliphatic carbocycles. The lowest BCUT2D eigenvalue weighted by atomic mass is 10.3. The standard InChI is InChI=1S/C16H12BrClN2O2S/c1-20-12-4-2-3-5-14(12)23-16(20)19-15(21)9-22-13-7-6-10(18)8-11(13)17/h2-8H,9H2,1H3. The molecule has 4 nitrogen and oxygen atoms in total. The number of hydrogen-bond donors (Lipinski definition) is 0. The third-order valence-corrected chi connectivity index (χ3v) is 5.15. The summed E-state index contributed by atoms with van der Waals surface area (Å²) < 4.78 is 9.17. The number of aryl methyl sites for hydroxylation is 1. The first kappa shape index (κ1) is 16.2. The maximum atomic E-state index is 12.1. The molecule has 0 spiro atoms. The largest absolute Gasteiger partial charge is 0.482 e. The first-order valence-electron chi connectivity index (χ1n) is 6.74. The van der Waals surface area contributed by atoms with Crippen molar-refractivity contribution < 1.29 is 9.53 Å². The summed E-state index contributed by atoms with van der Waals surface area (Å²) in [5, 5.41) is 0.595. The van der Waals surface area contributed by atoms with Crippen molar-refractivity contribution in [3.8, 4) is 5.75 Å². The number of halogens is 2. The molecule has 3 aromatic rings. The van der Waals surface area contributed by atoms with Crippen LogP contribution in [0.4, 0.5) is 0 Å².